The second-order valence-corrected chi connectivity index (χ2v) is 5.94. The maximum Gasteiger partial charge on any atom is 0.253 e. The van der Waals surface area contributed by atoms with Gasteiger partial charge in [-0.05, 0) is 30.3 Å². The highest BCUT2D eigenvalue weighted by atomic mass is 35.5. The molecule has 1 amide bonds. The summed E-state index contributed by atoms with van der Waals surface area (Å²) in [6.45, 7) is 0.329. The van der Waals surface area contributed by atoms with Crippen LogP contribution >= 0.6 is 23.2 Å². The first-order chi connectivity index (χ1) is 11.1. The number of hydrogen-bond donors (Lipinski definition) is 0. The average molecular weight is 346 g/mol. The van der Waals surface area contributed by atoms with E-state index in [1.54, 1.807) is 60.7 Å². The summed E-state index contributed by atoms with van der Waals surface area (Å²) in [6, 6.07) is 10.5. The molecule has 2 aromatic carbocycles. The molecule has 0 saturated heterocycles. The minimum atomic E-state index is -0.131. The van der Waals surface area contributed by atoms with Gasteiger partial charge < -0.3 is 4.90 Å². The smallest absolute Gasteiger partial charge is 0.253 e. The molecule has 0 spiro atoms. The van der Waals surface area contributed by atoms with Crippen molar-refractivity contribution in [2.75, 3.05) is 7.05 Å². The third-order valence-electron chi connectivity index (χ3n) is 3.52. The summed E-state index contributed by atoms with van der Waals surface area (Å²) in [6.07, 6.45) is 3.22. The lowest BCUT2D eigenvalue weighted by Gasteiger charge is -2.19. The Hall–Kier alpha value is -2.17. The van der Waals surface area contributed by atoms with Gasteiger partial charge in [-0.15, -0.1) is 0 Å². The van der Waals surface area contributed by atoms with Gasteiger partial charge in [0.05, 0.1) is 11.0 Å². The lowest BCUT2D eigenvalue weighted by atomic mass is 10.1. The molecule has 3 rings (SSSR count). The first-order valence-corrected chi connectivity index (χ1v) is 7.71. The van der Waals surface area contributed by atoms with E-state index in [0.717, 1.165) is 11.1 Å². The van der Waals surface area contributed by atoms with Gasteiger partial charge in [-0.25, -0.2) is 0 Å². The number of carbonyl (C=O) groups is 1. The first-order valence-electron chi connectivity index (χ1n) is 6.95. The first kappa shape index (κ1) is 15.7. The van der Waals surface area contributed by atoms with Crippen molar-refractivity contribution in [3.63, 3.8) is 0 Å². The summed E-state index contributed by atoms with van der Waals surface area (Å²) in [5.41, 5.74) is 2.71. The number of rotatable bonds is 3. The summed E-state index contributed by atoms with van der Waals surface area (Å²) >= 11 is 12.3. The van der Waals surface area contributed by atoms with E-state index in [2.05, 4.69) is 9.97 Å². The van der Waals surface area contributed by atoms with E-state index < -0.39 is 0 Å². The normalized spacial score (nSPS) is 10.7. The maximum atomic E-state index is 12.6. The van der Waals surface area contributed by atoms with Crippen molar-refractivity contribution in [3.8, 4) is 0 Å². The summed E-state index contributed by atoms with van der Waals surface area (Å²) in [7, 11) is 1.71. The molecule has 0 unspecified atom stereocenters. The summed E-state index contributed by atoms with van der Waals surface area (Å²) in [4.78, 5) is 22.6. The number of amides is 1. The van der Waals surface area contributed by atoms with Crippen LogP contribution in [0.15, 0.2) is 48.8 Å². The molecule has 0 fully saturated rings. The molecule has 0 aliphatic heterocycles. The molecule has 6 heteroatoms. The predicted molar refractivity (Wildman–Crippen MR) is 91.8 cm³/mol. The van der Waals surface area contributed by atoms with Crippen molar-refractivity contribution in [2.24, 2.45) is 0 Å². The minimum absolute atomic E-state index is 0.131. The number of carbonyl (C=O) groups excluding carboxylic acids is 1. The number of nitrogens with zero attached hydrogens (tertiary/aromatic N) is 3. The van der Waals surface area contributed by atoms with Crippen LogP contribution in [0.3, 0.4) is 0 Å². The van der Waals surface area contributed by atoms with E-state index in [9.17, 15) is 4.79 Å². The third kappa shape index (κ3) is 3.28. The Bertz CT molecular complexity index is 862. The highest BCUT2D eigenvalue weighted by Crippen LogP contribution is 2.26. The molecule has 0 aliphatic carbocycles. The molecule has 0 atom stereocenters. The second kappa shape index (κ2) is 6.52. The van der Waals surface area contributed by atoms with E-state index in [0.29, 0.717) is 27.7 Å². The standard InChI is InChI=1S/C17H13Cl2N3O/c1-22(10-12-13(18)3-2-4-14(12)19)17(23)11-5-6-15-16(9-11)21-8-7-20-15/h2-9H,10H2,1H3. The molecule has 0 N–H and O–H groups in total. The van der Waals surface area contributed by atoms with Crippen LogP contribution in [0.5, 0.6) is 0 Å². The van der Waals surface area contributed by atoms with Crippen LogP contribution in [0.4, 0.5) is 0 Å². The fraction of sp³-hybridized carbons (Fsp3) is 0.118. The second-order valence-electron chi connectivity index (χ2n) is 5.12. The van der Waals surface area contributed by atoms with Crippen molar-refractivity contribution in [1.82, 2.24) is 14.9 Å². The fourth-order valence-corrected chi connectivity index (χ4v) is 2.83. The number of fused-ring (bicyclic) bond motifs is 1. The Morgan fingerprint density at radius 1 is 1.04 bits per heavy atom. The van der Waals surface area contributed by atoms with Crippen LogP contribution in [0.2, 0.25) is 10.0 Å². The molecule has 4 nitrogen and oxygen atoms in total. The SMILES string of the molecule is CN(Cc1c(Cl)cccc1Cl)C(=O)c1ccc2nccnc2c1. The maximum absolute atomic E-state index is 12.6. The molecule has 1 heterocycles. The zero-order valence-electron chi connectivity index (χ0n) is 12.3. The molecule has 1 aromatic heterocycles. The highest BCUT2D eigenvalue weighted by Gasteiger charge is 2.16. The molecule has 0 bridgehead atoms. The van der Waals surface area contributed by atoms with Crippen LogP contribution < -0.4 is 0 Å². The van der Waals surface area contributed by atoms with Gasteiger partial charge in [-0.2, -0.15) is 0 Å². The van der Waals surface area contributed by atoms with Crippen molar-refractivity contribution in [2.45, 2.75) is 6.54 Å². The Morgan fingerprint density at radius 3 is 2.39 bits per heavy atom. The van der Waals surface area contributed by atoms with Crippen molar-refractivity contribution in [1.29, 1.82) is 0 Å². The van der Waals surface area contributed by atoms with Gasteiger partial charge >= 0.3 is 0 Å². The lowest BCUT2D eigenvalue weighted by Crippen LogP contribution is -2.26. The van der Waals surface area contributed by atoms with Crippen LogP contribution in [0.25, 0.3) is 11.0 Å². The Labute approximate surface area is 143 Å². The van der Waals surface area contributed by atoms with Crippen LogP contribution in [-0.2, 0) is 6.54 Å². The van der Waals surface area contributed by atoms with Gasteiger partial charge in [-0.3, -0.25) is 14.8 Å². The number of hydrogen-bond acceptors (Lipinski definition) is 3. The number of benzene rings is 2. The van der Waals surface area contributed by atoms with Gasteiger partial charge in [0, 0.05) is 47.2 Å². The predicted octanol–water partition coefficient (Wildman–Crippen LogP) is 4.21. The molecule has 0 saturated carbocycles. The topological polar surface area (TPSA) is 46.1 Å². The zero-order valence-corrected chi connectivity index (χ0v) is 13.8. The van der Waals surface area contributed by atoms with Gasteiger partial charge in [0.1, 0.15) is 0 Å². The Kier molecular flexibility index (Phi) is 4.46. The molecule has 0 radical (unpaired) electrons. The van der Waals surface area contributed by atoms with Gasteiger partial charge in [0.25, 0.3) is 5.91 Å². The summed E-state index contributed by atoms with van der Waals surface area (Å²) in [5.74, 6) is -0.131. The lowest BCUT2D eigenvalue weighted by molar-refractivity contribution is 0.0785. The Morgan fingerprint density at radius 2 is 1.70 bits per heavy atom. The van der Waals surface area contributed by atoms with Gasteiger partial charge in [0.2, 0.25) is 0 Å². The molecular formula is C17H13Cl2N3O. The average Bonchev–Trinajstić information content (AvgIpc) is 2.57. The van der Waals surface area contributed by atoms with Crippen molar-refractivity contribution >= 4 is 40.1 Å². The summed E-state index contributed by atoms with van der Waals surface area (Å²) in [5, 5.41) is 1.09. The highest BCUT2D eigenvalue weighted by molar-refractivity contribution is 6.36. The van der Waals surface area contributed by atoms with Crippen LogP contribution in [0, 0.1) is 0 Å². The largest absolute Gasteiger partial charge is 0.337 e. The molecule has 116 valence electrons. The van der Waals surface area contributed by atoms with Crippen LogP contribution in [-0.4, -0.2) is 27.8 Å². The van der Waals surface area contributed by atoms with E-state index >= 15 is 0 Å². The van der Waals surface area contributed by atoms with E-state index in [-0.39, 0.29) is 5.91 Å². The minimum Gasteiger partial charge on any atom is -0.337 e. The van der Waals surface area contributed by atoms with Crippen molar-refractivity contribution < 1.29 is 4.79 Å². The third-order valence-corrected chi connectivity index (χ3v) is 4.23. The summed E-state index contributed by atoms with van der Waals surface area (Å²) < 4.78 is 0. The number of aromatic nitrogens is 2. The van der Waals surface area contributed by atoms with Gasteiger partial charge in [-0.1, -0.05) is 29.3 Å². The Balaban J connectivity index is 1.86. The fourth-order valence-electron chi connectivity index (χ4n) is 2.31. The molecule has 23 heavy (non-hydrogen) atoms. The van der Waals surface area contributed by atoms with Crippen molar-refractivity contribution in [3.05, 3.63) is 70.0 Å². The van der Waals surface area contributed by atoms with E-state index in [1.165, 1.54) is 0 Å². The zero-order chi connectivity index (χ0) is 16.4. The number of halogens is 2. The van der Waals surface area contributed by atoms with E-state index in [4.69, 9.17) is 23.2 Å². The van der Waals surface area contributed by atoms with Gasteiger partial charge in [0.15, 0.2) is 0 Å². The molecule has 3 aromatic rings. The molecule has 0 aliphatic rings. The molecular weight excluding hydrogens is 333 g/mol. The van der Waals surface area contributed by atoms with Crippen LogP contribution in [0.1, 0.15) is 15.9 Å². The quantitative estimate of drug-likeness (QED) is 0.714. The monoisotopic (exact) mass is 345 g/mol. The van der Waals surface area contributed by atoms with E-state index in [1.807, 2.05) is 0 Å².